The highest BCUT2D eigenvalue weighted by Gasteiger charge is 2.38. The molecule has 9 heteroatoms. The Morgan fingerprint density at radius 1 is 1.10 bits per heavy atom. The molecule has 1 saturated heterocycles. The number of amides is 1. The Morgan fingerprint density at radius 3 is 2.63 bits per heavy atom. The molecule has 1 fully saturated rings. The van der Waals surface area contributed by atoms with Crippen LogP contribution >= 0.6 is 11.6 Å². The van der Waals surface area contributed by atoms with Crippen molar-refractivity contribution in [2.75, 3.05) is 13.1 Å². The van der Waals surface area contributed by atoms with Crippen molar-refractivity contribution in [1.29, 1.82) is 0 Å². The van der Waals surface area contributed by atoms with Gasteiger partial charge in [-0.1, -0.05) is 40.1 Å². The first kappa shape index (κ1) is 18.5. The van der Waals surface area contributed by atoms with Crippen LogP contribution in [0.3, 0.4) is 0 Å². The van der Waals surface area contributed by atoms with E-state index in [4.69, 9.17) is 20.6 Å². The van der Waals surface area contributed by atoms with E-state index < -0.39 is 0 Å². The largest absolute Gasteiger partial charge is 0.360 e. The van der Waals surface area contributed by atoms with Crippen LogP contribution in [0.4, 0.5) is 0 Å². The molecule has 0 atom stereocenters. The number of nitrogens with zero attached hydrogens (tertiary/aromatic N) is 5. The summed E-state index contributed by atoms with van der Waals surface area (Å²) in [5.74, 6) is 1.30. The summed E-state index contributed by atoms with van der Waals surface area (Å²) in [5.41, 5.74) is 2.36. The fourth-order valence-corrected chi connectivity index (χ4v) is 3.66. The zero-order valence-corrected chi connectivity index (χ0v) is 16.7. The quantitative estimate of drug-likeness (QED) is 0.491. The van der Waals surface area contributed by atoms with E-state index in [1.54, 1.807) is 30.3 Å². The first-order chi connectivity index (χ1) is 14.6. The number of pyridine rings is 1. The number of hydrogen-bond acceptors (Lipinski definition) is 7. The predicted molar refractivity (Wildman–Crippen MR) is 108 cm³/mol. The number of carbonyl (C=O) groups is 1. The van der Waals surface area contributed by atoms with Gasteiger partial charge in [0.05, 0.1) is 10.9 Å². The molecule has 0 radical (unpaired) electrons. The number of halogens is 1. The summed E-state index contributed by atoms with van der Waals surface area (Å²) in [6, 6.07) is 10.9. The van der Waals surface area contributed by atoms with Gasteiger partial charge in [-0.25, -0.2) is 0 Å². The van der Waals surface area contributed by atoms with Crippen LogP contribution in [0.1, 0.15) is 27.9 Å². The van der Waals surface area contributed by atoms with E-state index in [-0.39, 0.29) is 11.8 Å². The Hall–Kier alpha value is -3.52. The van der Waals surface area contributed by atoms with Gasteiger partial charge in [0, 0.05) is 36.6 Å². The topological polar surface area (TPSA) is 98.2 Å². The highest BCUT2D eigenvalue weighted by atomic mass is 35.5. The maximum atomic E-state index is 13.1. The Balaban J connectivity index is 1.33. The van der Waals surface area contributed by atoms with Crippen molar-refractivity contribution < 1.29 is 13.8 Å². The number of rotatable bonds is 4. The minimum atomic E-state index is -0.159. The van der Waals surface area contributed by atoms with Crippen LogP contribution in [0.2, 0.25) is 5.02 Å². The van der Waals surface area contributed by atoms with E-state index in [0.717, 1.165) is 5.56 Å². The molecule has 1 aliphatic rings. The summed E-state index contributed by atoms with van der Waals surface area (Å²) >= 11 is 6.29. The van der Waals surface area contributed by atoms with Crippen molar-refractivity contribution in [2.45, 2.75) is 12.8 Å². The fourth-order valence-electron chi connectivity index (χ4n) is 3.44. The lowest BCUT2D eigenvalue weighted by atomic mass is 9.97. The fraction of sp³-hybridized carbons (Fsp3) is 0.190. The molecule has 3 aromatic heterocycles. The van der Waals surface area contributed by atoms with Crippen LogP contribution in [0.15, 0.2) is 57.8 Å². The molecule has 4 aromatic rings. The highest BCUT2D eigenvalue weighted by molar-refractivity contribution is 6.33. The molecule has 0 spiro atoms. The molecule has 5 rings (SSSR count). The van der Waals surface area contributed by atoms with Gasteiger partial charge in [-0.2, -0.15) is 4.98 Å². The predicted octanol–water partition coefficient (Wildman–Crippen LogP) is 3.99. The van der Waals surface area contributed by atoms with Crippen LogP contribution in [0, 0.1) is 6.92 Å². The minimum Gasteiger partial charge on any atom is -0.360 e. The average molecular weight is 422 g/mol. The smallest absolute Gasteiger partial charge is 0.259 e. The standard InChI is InChI=1S/C21H16ClN5O3/c1-12-17(18(25-29-12)15-4-2-3-5-16(15)22)21(28)27-10-14(11-27)20-24-19(26-30-20)13-6-8-23-9-7-13/h2-9,14H,10-11H2,1H3. The molecule has 30 heavy (non-hydrogen) atoms. The van der Waals surface area contributed by atoms with Crippen molar-refractivity contribution in [3.8, 4) is 22.6 Å². The lowest BCUT2D eigenvalue weighted by molar-refractivity contribution is 0.0568. The number of likely N-dealkylation sites (tertiary alicyclic amines) is 1. The van der Waals surface area contributed by atoms with Crippen molar-refractivity contribution in [2.24, 2.45) is 0 Å². The van der Waals surface area contributed by atoms with Crippen molar-refractivity contribution in [3.05, 3.63) is 71.0 Å². The molecule has 0 unspecified atom stereocenters. The summed E-state index contributed by atoms with van der Waals surface area (Å²) in [6.45, 7) is 2.67. The third-order valence-corrected chi connectivity index (χ3v) is 5.43. The number of aryl methyl sites for hydroxylation is 1. The van der Waals surface area contributed by atoms with Gasteiger partial charge >= 0.3 is 0 Å². The van der Waals surface area contributed by atoms with Crippen LogP contribution in [-0.2, 0) is 0 Å². The van der Waals surface area contributed by atoms with Gasteiger partial charge < -0.3 is 13.9 Å². The second-order valence-corrected chi connectivity index (χ2v) is 7.45. The van der Waals surface area contributed by atoms with Gasteiger partial charge in [-0.3, -0.25) is 9.78 Å². The highest BCUT2D eigenvalue weighted by Crippen LogP contribution is 2.34. The Labute approximate surface area is 176 Å². The monoisotopic (exact) mass is 421 g/mol. The summed E-state index contributed by atoms with van der Waals surface area (Å²) in [5, 5.41) is 8.61. The molecule has 8 nitrogen and oxygen atoms in total. The zero-order chi connectivity index (χ0) is 20.7. The third-order valence-electron chi connectivity index (χ3n) is 5.10. The molecule has 0 bridgehead atoms. The number of aromatic nitrogens is 4. The summed E-state index contributed by atoms with van der Waals surface area (Å²) < 4.78 is 10.7. The van der Waals surface area contributed by atoms with E-state index in [9.17, 15) is 4.79 Å². The molecule has 150 valence electrons. The summed E-state index contributed by atoms with van der Waals surface area (Å²) in [7, 11) is 0. The van der Waals surface area contributed by atoms with Crippen LogP contribution in [0.25, 0.3) is 22.6 Å². The molecule has 4 heterocycles. The van der Waals surface area contributed by atoms with Gasteiger partial charge in [0.25, 0.3) is 5.91 Å². The molecular weight excluding hydrogens is 406 g/mol. The average Bonchev–Trinajstić information content (AvgIpc) is 3.35. The van der Waals surface area contributed by atoms with Crippen LogP contribution in [0.5, 0.6) is 0 Å². The molecule has 1 aromatic carbocycles. The zero-order valence-electron chi connectivity index (χ0n) is 15.9. The minimum absolute atomic E-state index is 0.0130. The van der Waals surface area contributed by atoms with Gasteiger partial charge in [0.15, 0.2) is 0 Å². The molecule has 1 amide bonds. The number of benzene rings is 1. The Morgan fingerprint density at radius 2 is 1.87 bits per heavy atom. The van der Waals surface area contributed by atoms with Crippen LogP contribution < -0.4 is 0 Å². The lowest BCUT2D eigenvalue weighted by Gasteiger charge is -2.37. The van der Waals surface area contributed by atoms with Gasteiger partial charge in [0.2, 0.25) is 11.7 Å². The molecule has 0 N–H and O–H groups in total. The summed E-state index contributed by atoms with van der Waals surface area (Å²) in [6.07, 6.45) is 3.35. The van der Waals surface area contributed by atoms with Crippen LogP contribution in [-0.4, -0.2) is 44.2 Å². The maximum absolute atomic E-state index is 13.1. The van der Waals surface area contributed by atoms with E-state index in [2.05, 4.69) is 20.3 Å². The second kappa shape index (κ2) is 7.38. The SMILES string of the molecule is Cc1onc(-c2ccccc2Cl)c1C(=O)N1CC(c2nc(-c3ccncc3)no2)C1. The van der Waals surface area contributed by atoms with E-state index in [1.807, 2.05) is 30.3 Å². The van der Waals surface area contributed by atoms with Gasteiger partial charge in [-0.15, -0.1) is 0 Å². The molecule has 0 aliphatic carbocycles. The molecule has 1 aliphatic heterocycles. The Kier molecular flexibility index (Phi) is 4.55. The van der Waals surface area contributed by atoms with Gasteiger partial charge in [0.1, 0.15) is 17.0 Å². The van der Waals surface area contributed by atoms with Gasteiger partial charge in [-0.05, 0) is 25.1 Å². The maximum Gasteiger partial charge on any atom is 0.259 e. The third kappa shape index (κ3) is 3.15. The van der Waals surface area contributed by atoms with Crippen molar-refractivity contribution >= 4 is 17.5 Å². The first-order valence-electron chi connectivity index (χ1n) is 9.36. The molecule has 0 saturated carbocycles. The summed E-state index contributed by atoms with van der Waals surface area (Å²) in [4.78, 5) is 23.3. The van der Waals surface area contributed by atoms with Crippen molar-refractivity contribution in [3.63, 3.8) is 0 Å². The Bertz CT molecular complexity index is 1210. The number of carbonyl (C=O) groups excluding carboxylic acids is 1. The van der Waals surface area contributed by atoms with E-state index in [0.29, 0.717) is 52.4 Å². The normalized spacial score (nSPS) is 14.0. The second-order valence-electron chi connectivity index (χ2n) is 7.04. The lowest BCUT2D eigenvalue weighted by Crippen LogP contribution is -2.48. The van der Waals surface area contributed by atoms with E-state index >= 15 is 0 Å². The van der Waals surface area contributed by atoms with Crippen molar-refractivity contribution in [1.82, 2.24) is 25.2 Å². The first-order valence-corrected chi connectivity index (χ1v) is 9.74. The molecular formula is C21H16ClN5O3. The number of hydrogen-bond donors (Lipinski definition) is 0. The van der Waals surface area contributed by atoms with E-state index in [1.165, 1.54) is 0 Å².